The maximum absolute atomic E-state index is 12.6. The van der Waals surface area contributed by atoms with Gasteiger partial charge in [-0.05, 0) is 30.5 Å². The Bertz CT molecular complexity index is 791. The molecule has 2 amide bonds. The third-order valence-electron chi connectivity index (χ3n) is 5.74. The first-order chi connectivity index (χ1) is 13.1. The molecular weight excluding hydrogens is 344 g/mol. The molecule has 1 aromatic carbocycles. The summed E-state index contributed by atoms with van der Waals surface area (Å²) >= 11 is 0. The monoisotopic (exact) mass is 368 g/mol. The van der Waals surface area contributed by atoms with Crippen molar-refractivity contribution in [3.8, 4) is 11.8 Å². The molecule has 1 aliphatic carbocycles. The van der Waals surface area contributed by atoms with E-state index in [0.29, 0.717) is 13.2 Å². The summed E-state index contributed by atoms with van der Waals surface area (Å²) in [6.07, 6.45) is 1.87. The normalized spacial score (nSPS) is 26.7. The van der Waals surface area contributed by atoms with Crippen LogP contribution in [0.2, 0.25) is 0 Å². The molecule has 1 N–H and O–H groups in total. The highest BCUT2D eigenvalue weighted by atomic mass is 16.5. The second-order valence-corrected chi connectivity index (χ2v) is 7.49. The number of fused-ring (bicyclic) bond motifs is 1. The predicted molar refractivity (Wildman–Crippen MR) is 98.7 cm³/mol. The Kier molecular flexibility index (Phi) is 4.90. The van der Waals surface area contributed by atoms with Gasteiger partial charge in [0.15, 0.2) is 0 Å². The highest BCUT2D eigenvalue weighted by Crippen LogP contribution is 2.43. The smallest absolute Gasteiger partial charge is 0.242 e. The average Bonchev–Trinajstić information content (AvgIpc) is 3.49. The summed E-state index contributed by atoms with van der Waals surface area (Å²) in [5.74, 6) is 6.16. The average molecular weight is 368 g/mol. The number of ether oxygens (including phenoxy) is 1. The molecule has 1 saturated carbocycles. The molecule has 3 atom stereocenters. The van der Waals surface area contributed by atoms with Crippen LogP contribution >= 0.6 is 0 Å². The third kappa shape index (κ3) is 3.33. The van der Waals surface area contributed by atoms with E-state index in [2.05, 4.69) is 11.8 Å². The summed E-state index contributed by atoms with van der Waals surface area (Å²) in [7, 11) is 1.61. The minimum absolute atomic E-state index is 0.0368. The Morgan fingerprint density at radius 3 is 2.67 bits per heavy atom. The first-order valence-corrected chi connectivity index (χ1v) is 9.42. The molecule has 3 fully saturated rings. The van der Waals surface area contributed by atoms with E-state index in [1.165, 1.54) is 0 Å². The van der Waals surface area contributed by atoms with Gasteiger partial charge in [-0.25, -0.2) is 0 Å². The van der Waals surface area contributed by atoms with E-state index in [4.69, 9.17) is 4.74 Å². The fourth-order valence-corrected chi connectivity index (χ4v) is 4.25. The molecular formula is C21H24N2O4. The largest absolute Gasteiger partial charge is 0.394 e. The molecule has 2 heterocycles. The van der Waals surface area contributed by atoms with E-state index in [1.54, 1.807) is 16.9 Å². The van der Waals surface area contributed by atoms with Crippen molar-refractivity contribution in [3.05, 3.63) is 35.4 Å². The van der Waals surface area contributed by atoms with Crippen LogP contribution in [0.4, 0.5) is 0 Å². The highest BCUT2D eigenvalue weighted by molar-refractivity contribution is 5.89. The molecule has 27 heavy (non-hydrogen) atoms. The summed E-state index contributed by atoms with van der Waals surface area (Å²) in [6.45, 7) is 1.01. The molecule has 4 rings (SSSR count). The van der Waals surface area contributed by atoms with Crippen molar-refractivity contribution >= 4 is 11.8 Å². The molecule has 6 nitrogen and oxygen atoms in total. The van der Waals surface area contributed by atoms with Gasteiger partial charge in [-0.15, -0.1) is 0 Å². The van der Waals surface area contributed by atoms with Crippen molar-refractivity contribution in [1.29, 1.82) is 0 Å². The Balaban J connectivity index is 1.52. The number of methoxy groups -OCH3 is 1. The summed E-state index contributed by atoms with van der Waals surface area (Å²) in [4.78, 5) is 28.5. The second kappa shape index (κ2) is 7.34. The van der Waals surface area contributed by atoms with Crippen LogP contribution in [0.1, 0.15) is 29.9 Å². The lowest BCUT2D eigenvalue weighted by Gasteiger charge is -2.58. The molecule has 2 saturated heterocycles. The fraction of sp³-hybridized carbons (Fsp3) is 0.524. The van der Waals surface area contributed by atoms with Gasteiger partial charge in [0, 0.05) is 31.1 Å². The van der Waals surface area contributed by atoms with Gasteiger partial charge in [-0.3, -0.25) is 9.59 Å². The van der Waals surface area contributed by atoms with Crippen molar-refractivity contribution < 1.29 is 19.4 Å². The van der Waals surface area contributed by atoms with E-state index in [9.17, 15) is 14.7 Å². The van der Waals surface area contributed by atoms with Crippen LogP contribution in [0.3, 0.4) is 0 Å². The molecule has 0 aromatic heterocycles. The van der Waals surface area contributed by atoms with Gasteiger partial charge in [0.2, 0.25) is 11.8 Å². The first kappa shape index (κ1) is 18.0. The number of nitrogens with zero attached hydrogens (tertiary/aromatic N) is 2. The van der Waals surface area contributed by atoms with Gasteiger partial charge in [-0.1, -0.05) is 24.0 Å². The lowest BCUT2D eigenvalue weighted by atomic mass is 9.73. The van der Waals surface area contributed by atoms with Crippen LogP contribution in [-0.2, 0) is 14.3 Å². The summed E-state index contributed by atoms with van der Waals surface area (Å²) < 4.78 is 4.93. The SMILES string of the molecule is COCC#Cc1ccc([C@@H]2[C@H]3CN(C(=O)C4CC4)CC(=O)N3[C@H]2CO)cc1. The van der Waals surface area contributed by atoms with Crippen LogP contribution in [-0.4, -0.2) is 72.2 Å². The van der Waals surface area contributed by atoms with Gasteiger partial charge in [-0.2, -0.15) is 0 Å². The van der Waals surface area contributed by atoms with Gasteiger partial charge >= 0.3 is 0 Å². The van der Waals surface area contributed by atoms with Crippen molar-refractivity contribution in [3.63, 3.8) is 0 Å². The number of aliphatic hydroxyl groups is 1. The van der Waals surface area contributed by atoms with E-state index in [1.807, 2.05) is 24.3 Å². The number of carbonyl (C=O) groups excluding carboxylic acids is 2. The molecule has 6 heteroatoms. The van der Waals surface area contributed by atoms with Crippen LogP contribution in [0.25, 0.3) is 0 Å². The molecule has 0 bridgehead atoms. The van der Waals surface area contributed by atoms with E-state index in [-0.39, 0.29) is 48.9 Å². The molecule has 3 aliphatic rings. The van der Waals surface area contributed by atoms with Crippen molar-refractivity contribution in [2.45, 2.75) is 30.8 Å². The van der Waals surface area contributed by atoms with E-state index in [0.717, 1.165) is 24.0 Å². The first-order valence-electron chi connectivity index (χ1n) is 9.42. The second-order valence-electron chi connectivity index (χ2n) is 7.49. The number of carbonyl (C=O) groups is 2. The maximum Gasteiger partial charge on any atom is 0.242 e. The number of benzene rings is 1. The number of amides is 2. The Labute approximate surface area is 159 Å². The minimum Gasteiger partial charge on any atom is -0.394 e. The van der Waals surface area contributed by atoms with E-state index >= 15 is 0 Å². The molecule has 2 aliphatic heterocycles. The van der Waals surface area contributed by atoms with Gasteiger partial charge in [0.05, 0.1) is 25.2 Å². The van der Waals surface area contributed by atoms with E-state index < -0.39 is 0 Å². The molecule has 0 spiro atoms. The van der Waals surface area contributed by atoms with Crippen molar-refractivity contribution in [2.24, 2.45) is 5.92 Å². The number of rotatable bonds is 4. The Morgan fingerprint density at radius 2 is 2.04 bits per heavy atom. The zero-order valence-electron chi connectivity index (χ0n) is 15.4. The molecule has 0 unspecified atom stereocenters. The number of hydrogen-bond acceptors (Lipinski definition) is 4. The molecule has 1 aromatic rings. The number of piperazine rings is 1. The number of hydrogen-bond donors (Lipinski definition) is 1. The lowest BCUT2D eigenvalue weighted by Crippen LogP contribution is -2.73. The Hall–Kier alpha value is -2.36. The summed E-state index contributed by atoms with van der Waals surface area (Å²) in [5.41, 5.74) is 1.97. The highest BCUT2D eigenvalue weighted by Gasteiger charge is 2.55. The quantitative estimate of drug-likeness (QED) is 0.790. The minimum atomic E-state index is -0.217. The van der Waals surface area contributed by atoms with Crippen LogP contribution in [0.5, 0.6) is 0 Å². The summed E-state index contributed by atoms with van der Waals surface area (Å²) in [6, 6.07) is 7.64. The van der Waals surface area contributed by atoms with Gasteiger partial charge in [0.25, 0.3) is 0 Å². The third-order valence-corrected chi connectivity index (χ3v) is 5.74. The van der Waals surface area contributed by atoms with Gasteiger partial charge in [0.1, 0.15) is 6.61 Å². The molecule has 0 radical (unpaired) electrons. The van der Waals surface area contributed by atoms with Crippen molar-refractivity contribution in [2.75, 3.05) is 33.4 Å². The van der Waals surface area contributed by atoms with Crippen LogP contribution < -0.4 is 0 Å². The Morgan fingerprint density at radius 1 is 1.30 bits per heavy atom. The fourth-order valence-electron chi connectivity index (χ4n) is 4.25. The zero-order valence-corrected chi connectivity index (χ0v) is 15.4. The van der Waals surface area contributed by atoms with Crippen LogP contribution in [0.15, 0.2) is 24.3 Å². The topological polar surface area (TPSA) is 70.1 Å². The maximum atomic E-state index is 12.6. The zero-order chi connectivity index (χ0) is 19.0. The number of aliphatic hydroxyl groups excluding tert-OH is 1. The summed E-state index contributed by atoms with van der Waals surface area (Å²) in [5, 5.41) is 9.83. The predicted octanol–water partition coefficient (Wildman–Crippen LogP) is 0.592. The lowest BCUT2D eigenvalue weighted by molar-refractivity contribution is -0.167. The van der Waals surface area contributed by atoms with Crippen molar-refractivity contribution in [1.82, 2.24) is 9.80 Å². The van der Waals surface area contributed by atoms with Crippen LogP contribution in [0, 0.1) is 17.8 Å². The van der Waals surface area contributed by atoms with Gasteiger partial charge < -0.3 is 19.6 Å². The standard InChI is InChI=1S/C21H24N2O4/c1-27-10-2-3-14-4-6-15(7-5-14)20-17-11-22(21(26)16-8-9-16)12-19(25)23(17)18(20)13-24/h4-7,16-18,20,24H,8-13H2,1H3/t17-,18+,20-/m1/s1. The molecule has 142 valence electrons.